The molecule has 2 aliphatic rings. The number of amides is 1. The van der Waals surface area contributed by atoms with E-state index in [1.54, 1.807) is 18.5 Å². The summed E-state index contributed by atoms with van der Waals surface area (Å²) in [5.41, 5.74) is 5.20. The van der Waals surface area contributed by atoms with Crippen molar-refractivity contribution in [3.63, 3.8) is 0 Å². The summed E-state index contributed by atoms with van der Waals surface area (Å²) in [5, 5.41) is 16.8. The largest absolute Gasteiger partial charge is 0.493 e. The van der Waals surface area contributed by atoms with E-state index in [-0.39, 0.29) is 11.4 Å². The number of carbonyl (C=O) groups excluding carboxylic acids is 1. The number of nitrogens with zero attached hydrogens (tertiary/aromatic N) is 5. The second kappa shape index (κ2) is 10.3. The Bertz CT molecular complexity index is 1680. The first-order chi connectivity index (χ1) is 19.0. The van der Waals surface area contributed by atoms with Crippen LogP contribution in [0.25, 0.3) is 17.0 Å². The Kier molecular flexibility index (Phi) is 6.58. The van der Waals surface area contributed by atoms with Crippen LogP contribution in [-0.2, 0) is 11.3 Å². The Morgan fingerprint density at radius 2 is 1.87 bits per heavy atom. The highest BCUT2D eigenvalue weighted by Gasteiger charge is 2.36. The van der Waals surface area contributed by atoms with Crippen LogP contribution in [0, 0.1) is 19.3 Å². The predicted octanol–water partition coefficient (Wildman–Crippen LogP) is 5.79. The van der Waals surface area contributed by atoms with Gasteiger partial charge < -0.3 is 9.30 Å². The first kappa shape index (κ1) is 24.8. The van der Waals surface area contributed by atoms with Crippen molar-refractivity contribution in [2.45, 2.75) is 26.8 Å². The first-order valence-electron chi connectivity index (χ1n) is 12.7. The summed E-state index contributed by atoms with van der Waals surface area (Å²) in [5.74, 6) is 0.513. The molecule has 1 amide bonds. The molecule has 1 N–H and O–H groups in total. The standard InChI is InChI=1S/C30H26N6O2S/c1-19-8-5-9-20(2)26(19)38-15-7-14-35-18-22(23-11-3-4-12-25(23)35)16-24-27(31)36-30(33-28(24)37)39-29(34-36)21-10-6-13-32-17-21/h3-6,8-13,16-18,31H,7,14-15H2,1-2H3. The average Bonchev–Trinajstić information content (AvgIpc) is 3.53. The number of fused-ring (bicyclic) bond motifs is 2. The number of nitrogens with one attached hydrogen (secondary N) is 1. The maximum atomic E-state index is 13.0. The molecule has 0 bridgehead atoms. The van der Waals surface area contributed by atoms with Gasteiger partial charge in [-0.2, -0.15) is 15.1 Å². The maximum Gasteiger partial charge on any atom is 0.283 e. The van der Waals surface area contributed by atoms with Crippen LogP contribution in [0.2, 0.25) is 0 Å². The van der Waals surface area contributed by atoms with Gasteiger partial charge in [-0.05, 0) is 67.4 Å². The molecular weight excluding hydrogens is 508 g/mol. The molecule has 2 aliphatic heterocycles. The number of thioether (sulfide) groups is 1. The van der Waals surface area contributed by atoms with Crippen molar-refractivity contribution < 1.29 is 9.53 Å². The van der Waals surface area contributed by atoms with Crippen LogP contribution in [0.1, 0.15) is 28.7 Å². The van der Waals surface area contributed by atoms with Gasteiger partial charge in [0.2, 0.25) is 5.17 Å². The van der Waals surface area contributed by atoms with Crippen molar-refractivity contribution in [2.75, 3.05) is 6.61 Å². The lowest BCUT2D eigenvalue weighted by molar-refractivity contribution is -0.114. The number of ether oxygens (including phenoxy) is 1. The van der Waals surface area contributed by atoms with Gasteiger partial charge in [-0.3, -0.25) is 15.2 Å². The van der Waals surface area contributed by atoms with Gasteiger partial charge in [0.15, 0.2) is 5.84 Å². The summed E-state index contributed by atoms with van der Waals surface area (Å²) >= 11 is 1.26. The van der Waals surface area contributed by atoms with Gasteiger partial charge in [-0.25, -0.2) is 0 Å². The van der Waals surface area contributed by atoms with E-state index in [0.29, 0.717) is 16.8 Å². The molecule has 4 aromatic rings. The number of pyridine rings is 1. The third-order valence-corrected chi connectivity index (χ3v) is 7.64. The average molecular weight is 535 g/mol. The van der Waals surface area contributed by atoms with Crippen molar-refractivity contribution in [3.05, 3.63) is 101 Å². The Hall–Kier alpha value is -4.50. The van der Waals surface area contributed by atoms with Crippen LogP contribution in [0.5, 0.6) is 5.75 Å². The molecule has 0 saturated heterocycles. The zero-order valence-electron chi connectivity index (χ0n) is 21.6. The normalized spacial score (nSPS) is 16.1. The maximum absolute atomic E-state index is 13.0. The molecule has 6 rings (SSSR count). The Labute approximate surface area is 230 Å². The number of para-hydroxylation sites is 2. The molecule has 8 nitrogen and oxygen atoms in total. The van der Waals surface area contributed by atoms with Crippen molar-refractivity contribution >= 4 is 50.7 Å². The minimum absolute atomic E-state index is 0.00946. The number of rotatable bonds is 7. The van der Waals surface area contributed by atoms with E-state index in [2.05, 4.69) is 51.7 Å². The zero-order valence-corrected chi connectivity index (χ0v) is 22.4. The predicted molar refractivity (Wildman–Crippen MR) is 156 cm³/mol. The summed E-state index contributed by atoms with van der Waals surface area (Å²) < 4.78 is 8.27. The number of aliphatic imine (C=N–C) groups is 1. The molecule has 0 saturated carbocycles. The summed E-state index contributed by atoms with van der Waals surface area (Å²) in [6.07, 6.45) is 7.99. The summed E-state index contributed by atoms with van der Waals surface area (Å²) in [7, 11) is 0. The highest BCUT2D eigenvalue weighted by molar-refractivity contribution is 8.27. The van der Waals surface area contributed by atoms with Gasteiger partial charge in [-0.1, -0.05) is 36.4 Å². The monoisotopic (exact) mass is 534 g/mol. The van der Waals surface area contributed by atoms with Crippen LogP contribution < -0.4 is 4.74 Å². The fourth-order valence-electron chi connectivity index (χ4n) is 4.76. The highest BCUT2D eigenvalue weighted by atomic mass is 32.2. The van der Waals surface area contributed by atoms with Gasteiger partial charge in [0.25, 0.3) is 5.91 Å². The Balaban J connectivity index is 1.24. The van der Waals surface area contributed by atoms with Crippen molar-refractivity contribution in [2.24, 2.45) is 10.1 Å². The quantitative estimate of drug-likeness (QED) is 0.239. The number of aryl methyl sites for hydroxylation is 3. The van der Waals surface area contributed by atoms with Crippen LogP contribution in [-0.4, -0.2) is 43.1 Å². The number of hydrazone groups is 1. The Morgan fingerprint density at radius 3 is 2.67 bits per heavy atom. The van der Waals surface area contributed by atoms with Gasteiger partial charge in [-0.15, -0.1) is 0 Å². The lowest BCUT2D eigenvalue weighted by Gasteiger charge is -2.20. The molecule has 0 spiro atoms. The lowest BCUT2D eigenvalue weighted by Crippen LogP contribution is -2.35. The van der Waals surface area contributed by atoms with Gasteiger partial charge in [0, 0.05) is 47.2 Å². The Morgan fingerprint density at radius 1 is 1.05 bits per heavy atom. The van der Waals surface area contributed by atoms with Crippen LogP contribution >= 0.6 is 11.8 Å². The number of benzene rings is 2. The van der Waals surface area contributed by atoms with Gasteiger partial charge in [0.05, 0.1) is 12.2 Å². The first-order valence-corrected chi connectivity index (χ1v) is 13.5. The number of aromatic nitrogens is 2. The van der Waals surface area contributed by atoms with E-state index in [0.717, 1.165) is 51.9 Å². The molecule has 2 aromatic heterocycles. The highest BCUT2D eigenvalue weighted by Crippen LogP contribution is 2.32. The van der Waals surface area contributed by atoms with Crippen molar-refractivity contribution in [1.29, 1.82) is 5.41 Å². The SMILES string of the molecule is Cc1cccc(C)c1OCCCn1cc(C=C2C(=N)N3N=C(c4cccnc4)SC3=NC2=O)c2ccccc21. The summed E-state index contributed by atoms with van der Waals surface area (Å²) in [6.45, 7) is 5.47. The van der Waals surface area contributed by atoms with E-state index in [1.807, 2.05) is 42.6 Å². The second-order valence-corrected chi connectivity index (χ2v) is 10.3. The van der Waals surface area contributed by atoms with E-state index in [1.165, 1.54) is 16.8 Å². The number of hydrogen-bond acceptors (Lipinski definition) is 6. The van der Waals surface area contributed by atoms with E-state index < -0.39 is 5.91 Å². The molecule has 0 fully saturated rings. The zero-order chi connectivity index (χ0) is 26.9. The molecule has 9 heteroatoms. The molecule has 2 aromatic carbocycles. The lowest BCUT2D eigenvalue weighted by atomic mass is 10.1. The van der Waals surface area contributed by atoms with E-state index in [4.69, 9.17) is 10.1 Å². The number of hydrogen-bond donors (Lipinski definition) is 1. The minimum atomic E-state index is -0.444. The van der Waals surface area contributed by atoms with E-state index >= 15 is 0 Å². The molecule has 39 heavy (non-hydrogen) atoms. The number of amidine groups is 2. The van der Waals surface area contributed by atoms with Crippen LogP contribution in [0.15, 0.2) is 88.9 Å². The number of carbonyl (C=O) groups is 1. The fraction of sp³-hybridized carbons (Fsp3) is 0.167. The summed E-state index contributed by atoms with van der Waals surface area (Å²) in [6, 6.07) is 17.9. The molecular formula is C30H26N6O2S. The van der Waals surface area contributed by atoms with Crippen LogP contribution in [0.4, 0.5) is 0 Å². The summed E-state index contributed by atoms with van der Waals surface area (Å²) in [4.78, 5) is 21.4. The van der Waals surface area contributed by atoms with Crippen molar-refractivity contribution in [3.8, 4) is 5.75 Å². The fourth-order valence-corrected chi connectivity index (χ4v) is 5.65. The van der Waals surface area contributed by atoms with E-state index in [9.17, 15) is 4.79 Å². The molecule has 0 aliphatic carbocycles. The minimum Gasteiger partial charge on any atom is -0.493 e. The second-order valence-electron chi connectivity index (χ2n) is 9.38. The van der Waals surface area contributed by atoms with Crippen LogP contribution in [0.3, 0.4) is 0 Å². The third kappa shape index (κ3) is 4.77. The van der Waals surface area contributed by atoms with Gasteiger partial charge >= 0.3 is 0 Å². The molecule has 0 unspecified atom stereocenters. The smallest absolute Gasteiger partial charge is 0.283 e. The molecule has 4 heterocycles. The van der Waals surface area contributed by atoms with Crippen molar-refractivity contribution in [1.82, 2.24) is 14.6 Å². The molecule has 0 atom stereocenters. The molecule has 194 valence electrons. The third-order valence-electron chi connectivity index (χ3n) is 6.68. The topological polar surface area (TPSA) is 95.9 Å². The van der Waals surface area contributed by atoms with Gasteiger partial charge in [0.1, 0.15) is 10.8 Å². The molecule has 0 radical (unpaired) electrons.